The highest BCUT2D eigenvalue weighted by atomic mass is 35.5. The van der Waals surface area contributed by atoms with Crippen LogP contribution in [-0.2, 0) is 9.53 Å². The number of hydrogen-bond donors (Lipinski definition) is 0. The highest BCUT2D eigenvalue weighted by molar-refractivity contribution is 6.31. The van der Waals surface area contributed by atoms with Crippen LogP contribution < -0.4 is 0 Å². The van der Waals surface area contributed by atoms with E-state index in [-0.39, 0.29) is 18.3 Å². The molecule has 0 spiro atoms. The fourth-order valence-corrected chi connectivity index (χ4v) is 1.90. The van der Waals surface area contributed by atoms with E-state index in [1.165, 1.54) is 7.11 Å². The van der Waals surface area contributed by atoms with Gasteiger partial charge in [0, 0.05) is 23.7 Å². The average molecular weight is 284 g/mol. The molecule has 1 aromatic rings. The van der Waals surface area contributed by atoms with Gasteiger partial charge >= 0.3 is 5.97 Å². The number of hydrogen-bond acceptors (Lipinski definition) is 3. The Hall–Kier alpha value is -1.55. The second kappa shape index (κ2) is 7.14. The maximum atomic E-state index is 12.4. The van der Waals surface area contributed by atoms with Crippen LogP contribution >= 0.6 is 11.6 Å². The molecule has 0 unspecified atom stereocenters. The SMILES string of the molecule is CCN(CCC(=O)OC)C(=O)c1cc(Cl)ccc1C. The van der Waals surface area contributed by atoms with E-state index in [1.54, 1.807) is 17.0 Å². The summed E-state index contributed by atoms with van der Waals surface area (Å²) in [6.45, 7) is 4.60. The van der Waals surface area contributed by atoms with Gasteiger partial charge in [0.1, 0.15) is 0 Å². The average Bonchev–Trinajstić information content (AvgIpc) is 2.41. The lowest BCUT2D eigenvalue weighted by molar-refractivity contribution is -0.140. The van der Waals surface area contributed by atoms with Crippen molar-refractivity contribution < 1.29 is 14.3 Å². The summed E-state index contributed by atoms with van der Waals surface area (Å²) in [7, 11) is 1.33. The summed E-state index contributed by atoms with van der Waals surface area (Å²) in [5.41, 5.74) is 1.44. The zero-order valence-electron chi connectivity index (χ0n) is 11.4. The van der Waals surface area contributed by atoms with Gasteiger partial charge in [-0.05, 0) is 31.5 Å². The van der Waals surface area contributed by atoms with E-state index in [0.717, 1.165) is 5.56 Å². The third-order valence-corrected chi connectivity index (χ3v) is 3.15. The number of ether oxygens (including phenoxy) is 1. The lowest BCUT2D eigenvalue weighted by Gasteiger charge is -2.21. The highest BCUT2D eigenvalue weighted by Gasteiger charge is 2.17. The molecule has 1 aromatic carbocycles. The molecule has 0 aromatic heterocycles. The molecule has 0 saturated carbocycles. The van der Waals surface area contributed by atoms with E-state index in [0.29, 0.717) is 23.7 Å². The lowest BCUT2D eigenvalue weighted by atomic mass is 10.1. The van der Waals surface area contributed by atoms with Crippen molar-refractivity contribution >= 4 is 23.5 Å². The number of amides is 1. The minimum absolute atomic E-state index is 0.119. The van der Waals surface area contributed by atoms with Gasteiger partial charge in [-0.1, -0.05) is 17.7 Å². The Labute approximate surface area is 118 Å². The standard InChI is InChI=1S/C14H18ClNO3/c1-4-16(8-7-13(17)19-3)14(18)12-9-11(15)6-5-10(12)2/h5-6,9H,4,7-8H2,1-3H3. The maximum Gasteiger partial charge on any atom is 0.307 e. The second-order valence-electron chi connectivity index (χ2n) is 4.17. The van der Waals surface area contributed by atoms with E-state index < -0.39 is 0 Å². The normalized spacial score (nSPS) is 10.1. The maximum absolute atomic E-state index is 12.4. The molecule has 1 rings (SSSR count). The number of methoxy groups -OCH3 is 1. The molecule has 0 atom stereocenters. The fourth-order valence-electron chi connectivity index (χ4n) is 1.73. The van der Waals surface area contributed by atoms with Crippen LogP contribution in [0.25, 0.3) is 0 Å². The Morgan fingerprint density at radius 2 is 2.05 bits per heavy atom. The number of rotatable bonds is 5. The van der Waals surface area contributed by atoms with Crippen molar-refractivity contribution in [1.29, 1.82) is 0 Å². The number of carbonyl (C=O) groups is 2. The van der Waals surface area contributed by atoms with Gasteiger partial charge in [-0.15, -0.1) is 0 Å². The molecule has 0 radical (unpaired) electrons. The molecule has 0 bridgehead atoms. The Morgan fingerprint density at radius 3 is 2.63 bits per heavy atom. The van der Waals surface area contributed by atoms with Gasteiger partial charge in [-0.25, -0.2) is 0 Å². The van der Waals surface area contributed by atoms with Crippen molar-refractivity contribution in [3.05, 3.63) is 34.3 Å². The van der Waals surface area contributed by atoms with Crippen molar-refractivity contribution in [1.82, 2.24) is 4.90 Å². The Bertz CT molecular complexity index is 474. The van der Waals surface area contributed by atoms with Gasteiger partial charge in [0.25, 0.3) is 5.91 Å². The molecular weight excluding hydrogens is 266 g/mol. The second-order valence-corrected chi connectivity index (χ2v) is 4.61. The van der Waals surface area contributed by atoms with Crippen molar-refractivity contribution in [2.45, 2.75) is 20.3 Å². The molecule has 0 heterocycles. The molecule has 5 heteroatoms. The molecule has 0 saturated heterocycles. The highest BCUT2D eigenvalue weighted by Crippen LogP contribution is 2.17. The topological polar surface area (TPSA) is 46.6 Å². The summed E-state index contributed by atoms with van der Waals surface area (Å²) in [5.74, 6) is -0.444. The third-order valence-electron chi connectivity index (χ3n) is 2.91. The summed E-state index contributed by atoms with van der Waals surface area (Å²) in [6, 6.07) is 5.21. The van der Waals surface area contributed by atoms with Gasteiger partial charge in [0.15, 0.2) is 0 Å². The predicted octanol–water partition coefficient (Wildman–Crippen LogP) is 2.67. The minimum atomic E-state index is -0.325. The first-order valence-electron chi connectivity index (χ1n) is 6.11. The van der Waals surface area contributed by atoms with Crippen molar-refractivity contribution in [2.24, 2.45) is 0 Å². The minimum Gasteiger partial charge on any atom is -0.469 e. The predicted molar refractivity (Wildman–Crippen MR) is 74.4 cm³/mol. The van der Waals surface area contributed by atoms with E-state index in [9.17, 15) is 9.59 Å². The molecule has 0 aliphatic rings. The van der Waals surface area contributed by atoms with Crippen LogP contribution in [0, 0.1) is 6.92 Å². The van der Waals surface area contributed by atoms with Crippen LogP contribution in [0.2, 0.25) is 5.02 Å². The van der Waals surface area contributed by atoms with Gasteiger partial charge in [-0.3, -0.25) is 9.59 Å². The number of nitrogens with zero attached hydrogens (tertiary/aromatic N) is 1. The van der Waals surface area contributed by atoms with Crippen molar-refractivity contribution in [3.8, 4) is 0 Å². The number of benzene rings is 1. The van der Waals surface area contributed by atoms with Gasteiger partial charge < -0.3 is 9.64 Å². The van der Waals surface area contributed by atoms with Gasteiger partial charge in [0.2, 0.25) is 0 Å². The molecule has 0 aliphatic carbocycles. The lowest BCUT2D eigenvalue weighted by Crippen LogP contribution is -2.33. The number of aryl methyl sites for hydroxylation is 1. The molecule has 0 aliphatic heterocycles. The van der Waals surface area contributed by atoms with Crippen LogP contribution in [0.4, 0.5) is 0 Å². The molecule has 104 valence electrons. The first kappa shape index (κ1) is 15.5. The van der Waals surface area contributed by atoms with Crippen LogP contribution in [0.15, 0.2) is 18.2 Å². The van der Waals surface area contributed by atoms with Crippen LogP contribution in [0.3, 0.4) is 0 Å². The quantitative estimate of drug-likeness (QED) is 0.781. The number of carbonyl (C=O) groups excluding carboxylic acids is 2. The molecule has 4 nitrogen and oxygen atoms in total. The first-order chi connectivity index (χ1) is 8.99. The van der Waals surface area contributed by atoms with E-state index in [1.807, 2.05) is 19.9 Å². The van der Waals surface area contributed by atoms with Crippen LogP contribution in [0.5, 0.6) is 0 Å². The summed E-state index contributed by atoms with van der Waals surface area (Å²) < 4.78 is 4.58. The van der Waals surface area contributed by atoms with Crippen LogP contribution in [0.1, 0.15) is 29.3 Å². The Kier molecular flexibility index (Phi) is 5.83. The Balaban J connectivity index is 2.83. The van der Waals surface area contributed by atoms with E-state index in [2.05, 4.69) is 4.74 Å². The number of esters is 1. The molecule has 1 amide bonds. The summed E-state index contributed by atoms with van der Waals surface area (Å²) in [6.07, 6.45) is 0.190. The smallest absolute Gasteiger partial charge is 0.307 e. The third kappa shape index (κ3) is 4.24. The monoisotopic (exact) mass is 283 g/mol. The zero-order valence-corrected chi connectivity index (χ0v) is 12.2. The summed E-state index contributed by atoms with van der Waals surface area (Å²) >= 11 is 5.91. The Morgan fingerprint density at radius 1 is 1.37 bits per heavy atom. The van der Waals surface area contributed by atoms with E-state index in [4.69, 9.17) is 11.6 Å². The van der Waals surface area contributed by atoms with Crippen molar-refractivity contribution in [2.75, 3.05) is 20.2 Å². The van der Waals surface area contributed by atoms with Crippen molar-refractivity contribution in [3.63, 3.8) is 0 Å². The molecular formula is C14H18ClNO3. The van der Waals surface area contributed by atoms with Crippen LogP contribution in [-0.4, -0.2) is 37.0 Å². The van der Waals surface area contributed by atoms with Gasteiger partial charge in [0.05, 0.1) is 13.5 Å². The number of halogens is 1. The molecule has 0 fully saturated rings. The summed E-state index contributed by atoms with van der Waals surface area (Å²) in [5, 5.41) is 0.526. The molecule has 0 N–H and O–H groups in total. The van der Waals surface area contributed by atoms with E-state index >= 15 is 0 Å². The summed E-state index contributed by atoms with van der Waals surface area (Å²) in [4.78, 5) is 25.1. The van der Waals surface area contributed by atoms with Gasteiger partial charge in [-0.2, -0.15) is 0 Å². The zero-order chi connectivity index (χ0) is 14.4. The largest absolute Gasteiger partial charge is 0.469 e. The fraction of sp³-hybridized carbons (Fsp3) is 0.429. The molecule has 19 heavy (non-hydrogen) atoms. The first-order valence-corrected chi connectivity index (χ1v) is 6.49.